The zero-order valence-electron chi connectivity index (χ0n) is 16.0. The van der Waals surface area contributed by atoms with Crippen LogP contribution in [0.2, 0.25) is 0 Å². The first-order chi connectivity index (χ1) is 14.1. The van der Waals surface area contributed by atoms with Crippen molar-refractivity contribution >= 4 is 17.5 Å². The average Bonchev–Trinajstić information content (AvgIpc) is 2.96. The highest BCUT2D eigenvalue weighted by Crippen LogP contribution is 2.42. The van der Waals surface area contributed by atoms with Crippen LogP contribution in [0, 0.1) is 5.92 Å². The molecule has 146 valence electrons. The molecule has 0 saturated carbocycles. The molecule has 0 aliphatic carbocycles. The minimum atomic E-state index is -1.94. The van der Waals surface area contributed by atoms with Crippen molar-refractivity contribution in [3.05, 3.63) is 96.1 Å². The van der Waals surface area contributed by atoms with Crippen LogP contribution < -0.4 is 9.64 Å². The Bertz CT molecular complexity index is 1020. The molecular weight excluding hydrogens is 366 g/mol. The second-order valence-corrected chi connectivity index (χ2v) is 7.05. The molecule has 1 saturated heterocycles. The van der Waals surface area contributed by atoms with E-state index >= 15 is 0 Å². The number of nitrogens with zero attached hydrogens (tertiary/aromatic N) is 1. The molecule has 1 N–H and O–H groups in total. The number of anilines is 1. The molecule has 4 rings (SSSR count). The van der Waals surface area contributed by atoms with Crippen LogP contribution in [-0.4, -0.2) is 24.0 Å². The van der Waals surface area contributed by atoms with E-state index in [4.69, 9.17) is 4.74 Å². The van der Waals surface area contributed by atoms with E-state index in [0.29, 0.717) is 17.0 Å². The maximum absolute atomic E-state index is 13.4. The summed E-state index contributed by atoms with van der Waals surface area (Å²) in [6.07, 6.45) is 0.225. The van der Waals surface area contributed by atoms with Gasteiger partial charge in [-0.05, 0) is 41.8 Å². The van der Waals surface area contributed by atoms with Gasteiger partial charge in [0.2, 0.25) is 5.91 Å². The number of carbonyl (C=O) groups is 2. The molecular formula is C24H21NO4. The third-order valence-electron chi connectivity index (χ3n) is 5.38. The van der Waals surface area contributed by atoms with Crippen molar-refractivity contribution in [3.8, 4) is 5.75 Å². The Hall–Kier alpha value is -3.44. The van der Waals surface area contributed by atoms with Gasteiger partial charge in [-0.1, -0.05) is 60.7 Å². The van der Waals surface area contributed by atoms with E-state index < -0.39 is 23.3 Å². The predicted molar refractivity (Wildman–Crippen MR) is 109 cm³/mol. The molecule has 3 aromatic rings. The normalized spacial score (nSPS) is 21.4. The van der Waals surface area contributed by atoms with E-state index in [1.54, 1.807) is 67.8 Å². The van der Waals surface area contributed by atoms with Crippen molar-refractivity contribution in [3.63, 3.8) is 0 Å². The molecule has 1 aliphatic rings. The molecule has 29 heavy (non-hydrogen) atoms. The highest BCUT2D eigenvalue weighted by molar-refractivity contribution is 6.25. The summed E-state index contributed by atoms with van der Waals surface area (Å²) in [6, 6.07) is 24.7. The summed E-state index contributed by atoms with van der Waals surface area (Å²) in [5, 5.41) is 11.6. The quantitative estimate of drug-likeness (QED) is 0.682. The zero-order valence-corrected chi connectivity index (χ0v) is 16.0. The topological polar surface area (TPSA) is 66.8 Å². The lowest BCUT2D eigenvalue weighted by molar-refractivity contribution is -0.139. The summed E-state index contributed by atoms with van der Waals surface area (Å²) in [7, 11) is 1.58. The van der Waals surface area contributed by atoms with Gasteiger partial charge in [0.1, 0.15) is 5.75 Å². The standard InChI is InChI=1S/C24H21NO4/c1-29-20-14-12-17(13-15-20)16-21-22(26)25(19-10-6-3-7-11-19)23(27)24(21,28)18-8-4-2-5-9-18/h2-15,21,28H,16H2,1H3/t21-,24-/m0/s1. The van der Waals surface area contributed by atoms with Crippen molar-refractivity contribution in [2.75, 3.05) is 12.0 Å². The Morgan fingerprint density at radius 1 is 0.897 bits per heavy atom. The Labute approximate surface area is 169 Å². The molecule has 5 nitrogen and oxygen atoms in total. The van der Waals surface area contributed by atoms with Gasteiger partial charge in [-0.25, -0.2) is 4.90 Å². The first kappa shape index (κ1) is 18.9. The summed E-state index contributed by atoms with van der Waals surface area (Å²) < 4.78 is 5.18. The van der Waals surface area contributed by atoms with Gasteiger partial charge in [0.05, 0.1) is 18.7 Å². The van der Waals surface area contributed by atoms with Gasteiger partial charge in [0.25, 0.3) is 5.91 Å². The largest absolute Gasteiger partial charge is 0.497 e. The number of methoxy groups -OCH3 is 1. The number of benzene rings is 3. The summed E-state index contributed by atoms with van der Waals surface area (Å²) in [6.45, 7) is 0. The highest BCUT2D eigenvalue weighted by Gasteiger charge is 2.59. The molecule has 0 radical (unpaired) electrons. The van der Waals surface area contributed by atoms with Crippen LogP contribution in [0.3, 0.4) is 0 Å². The number of imide groups is 1. The molecule has 0 bridgehead atoms. The summed E-state index contributed by atoms with van der Waals surface area (Å²) >= 11 is 0. The maximum atomic E-state index is 13.4. The molecule has 1 heterocycles. The van der Waals surface area contributed by atoms with Crippen LogP contribution in [0.25, 0.3) is 0 Å². The average molecular weight is 387 g/mol. The predicted octanol–water partition coefficient (Wildman–Crippen LogP) is 3.32. The number of para-hydroxylation sites is 1. The Balaban J connectivity index is 1.78. The highest BCUT2D eigenvalue weighted by atomic mass is 16.5. The van der Waals surface area contributed by atoms with E-state index in [1.165, 1.54) is 0 Å². The summed E-state index contributed by atoms with van der Waals surface area (Å²) in [5.74, 6) is -1.28. The minimum absolute atomic E-state index is 0.225. The van der Waals surface area contributed by atoms with E-state index in [2.05, 4.69) is 0 Å². The SMILES string of the molecule is COc1ccc(C[C@H]2C(=O)N(c3ccccc3)C(=O)[C@]2(O)c2ccccc2)cc1. The number of amides is 2. The van der Waals surface area contributed by atoms with Gasteiger partial charge >= 0.3 is 0 Å². The third kappa shape index (κ3) is 3.19. The lowest BCUT2D eigenvalue weighted by Gasteiger charge is -2.26. The van der Waals surface area contributed by atoms with E-state index in [-0.39, 0.29) is 6.42 Å². The fraction of sp³-hybridized carbons (Fsp3) is 0.167. The van der Waals surface area contributed by atoms with Gasteiger partial charge in [-0.2, -0.15) is 0 Å². The summed E-state index contributed by atoms with van der Waals surface area (Å²) in [4.78, 5) is 27.8. The molecule has 2 amide bonds. The molecule has 3 aromatic carbocycles. The minimum Gasteiger partial charge on any atom is -0.497 e. The van der Waals surface area contributed by atoms with Crippen molar-refractivity contribution < 1.29 is 19.4 Å². The number of ether oxygens (including phenoxy) is 1. The molecule has 0 spiro atoms. The fourth-order valence-electron chi connectivity index (χ4n) is 3.82. The Morgan fingerprint density at radius 3 is 2.07 bits per heavy atom. The Morgan fingerprint density at radius 2 is 1.48 bits per heavy atom. The van der Waals surface area contributed by atoms with E-state index in [1.807, 2.05) is 24.3 Å². The van der Waals surface area contributed by atoms with Crippen LogP contribution in [-0.2, 0) is 21.6 Å². The van der Waals surface area contributed by atoms with Crippen LogP contribution >= 0.6 is 0 Å². The Kier molecular flexibility index (Phi) is 4.91. The van der Waals surface area contributed by atoms with Crippen LogP contribution in [0.1, 0.15) is 11.1 Å². The molecule has 1 aliphatic heterocycles. The lowest BCUT2D eigenvalue weighted by atomic mass is 9.80. The van der Waals surface area contributed by atoms with Crippen LogP contribution in [0.15, 0.2) is 84.9 Å². The maximum Gasteiger partial charge on any atom is 0.271 e. The number of rotatable bonds is 5. The first-order valence-corrected chi connectivity index (χ1v) is 9.40. The number of carbonyl (C=O) groups excluding carboxylic acids is 2. The van der Waals surface area contributed by atoms with Crippen molar-refractivity contribution in [1.29, 1.82) is 0 Å². The fourth-order valence-corrected chi connectivity index (χ4v) is 3.82. The van der Waals surface area contributed by atoms with Crippen LogP contribution in [0.4, 0.5) is 5.69 Å². The third-order valence-corrected chi connectivity index (χ3v) is 5.38. The van der Waals surface area contributed by atoms with Gasteiger partial charge in [0, 0.05) is 0 Å². The number of hydrogen-bond acceptors (Lipinski definition) is 4. The molecule has 0 aromatic heterocycles. The van der Waals surface area contributed by atoms with E-state index in [0.717, 1.165) is 10.5 Å². The van der Waals surface area contributed by atoms with Crippen LogP contribution in [0.5, 0.6) is 5.75 Å². The van der Waals surface area contributed by atoms with Crippen molar-refractivity contribution in [2.24, 2.45) is 5.92 Å². The summed E-state index contributed by atoms with van der Waals surface area (Å²) in [5.41, 5.74) is -0.237. The second kappa shape index (κ2) is 7.53. The van der Waals surface area contributed by atoms with Gasteiger partial charge in [-0.3, -0.25) is 9.59 Å². The molecule has 2 atom stereocenters. The second-order valence-electron chi connectivity index (χ2n) is 7.05. The van der Waals surface area contributed by atoms with E-state index in [9.17, 15) is 14.7 Å². The zero-order chi connectivity index (χ0) is 20.4. The van der Waals surface area contributed by atoms with Gasteiger partial charge < -0.3 is 9.84 Å². The first-order valence-electron chi connectivity index (χ1n) is 9.40. The van der Waals surface area contributed by atoms with Gasteiger partial charge in [-0.15, -0.1) is 0 Å². The number of aliphatic hydroxyl groups is 1. The van der Waals surface area contributed by atoms with Crippen molar-refractivity contribution in [1.82, 2.24) is 0 Å². The molecule has 5 heteroatoms. The smallest absolute Gasteiger partial charge is 0.271 e. The monoisotopic (exact) mass is 387 g/mol. The lowest BCUT2D eigenvalue weighted by Crippen LogP contribution is -2.41. The van der Waals surface area contributed by atoms with Gasteiger partial charge in [0.15, 0.2) is 5.60 Å². The molecule has 0 unspecified atom stereocenters. The van der Waals surface area contributed by atoms with Crippen molar-refractivity contribution in [2.45, 2.75) is 12.0 Å². The number of hydrogen-bond donors (Lipinski definition) is 1. The molecule has 1 fully saturated rings.